The average Bonchev–Trinajstić information content (AvgIpc) is 2.39. The Hall–Kier alpha value is -1.14. The monoisotopic (exact) mass is 316 g/mol. The number of hydrogen-bond acceptors (Lipinski definition) is 5. The lowest BCUT2D eigenvalue weighted by Crippen LogP contribution is -2.30. The van der Waals surface area contributed by atoms with Crippen molar-refractivity contribution in [2.45, 2.75) is 6.42 Å². The van der Waals surface area contributed by atoms with E-state index in [-0.39, 0.29) is 5.97 Å². The maximum atomic E-state index is 11.2. The molecule has 0 atom stereocenters. The van der Waals surface area contributed by atoms with E-state index < -0.39 is 0 Å². The Balaban J connectivity index is 2.71. The molecule has 6 heteroatoms. The van der Waals surface area contributed by atoms with Crippen molar-refractivity contribution in [3.8, 4) is 0 Å². The second-order valence-corrected chi connectivity index (χ2v) is 4.47. The number of methoxy groups -OCH3 is 2. The van der Waals surface area contributed by atoms with E-state index in [0.29, 0.717) is 26.1 Å². The van der Waals surface area contributed by atoms with Gasteiger partial charge in [0.2, 0.25) is 0 Å². The van der Waals surface area contributed by atoms with Crippen molar-refractivity contribution in [3.05, 3.63) is 22.8 Å². The van der Waals surface area contributed by atoms with Crippen LogP contribution in [-0.4, -0.2) is 44.9 Å². The molecule has 1 heterocycles. The highest BCUT2D eigenvalue weighted by atomic mass is 79.9. The summed E-state index contributed by atoms with van der Waals surface area (Å²) in [4.78, 5) is 17.5. The van der Waals surface area contributed by atoms with Crippen LogP contribution in [0.3, 0.4) is 0 Å². The third kappa shape index (κ3) is 4.62. The zero-order valence-corrected chi connectivity index (χ0v) is 12.1. The quantitative estimate of drug-likeness (QED) is 0.719. The fraction of sp³-hybridized carbons (Fsp3) is 0.500. The molecule has 1 rings (SSSR count). The second kappa shape index (κ2) is 8.05. The van der Waals surface area contributed by atoms with E-state index in [1.165, 1.54) is 7.11 Å². The van der Waals surface area contributed by atoms with E-state index in [1.807, 2.05) is 17.0 Å². The lowest BCUT2D eigenvalue weighted by Gasteiger charge is -2.23. The topological polar surface area (TPSA) is 51.7 Å². The number of rotatable bonds is 7. The van der Waals surface area contributed by atoms with Gasteiger partial charge < -0.3 is 14.4 Å². The van der Waals surface area contributed by atoms with Gasteiger partial charge in [0.25, 0.3) is 0 Å². The summed E-state index contributed by atoms with van der Waals surface area (Å²) in [6.07, 6.45) is 2.04. The van der Waals surface area contributed by atoms with Gasteiger partial charge in [-0.1, -0.05) is 0 Å². The smallest absolute Gasteiger partial charge is 0.307 e. The fourth-order valence-electron chi connectivity index (χ4n) is 1.46. The molecule has 0 saturated heterocycles. The van der Waals surface area contributed by atoms with Gasteiger partial charge >= 0.3 is 5.97 Å². The number of pyridine rings is 1. The van der Waals surface area contributed by atoms with E-state index in [2.05, 4.69) is 25.7 Å². The van der Waals surface area contributed by atoms with E-state index in [4.69, 9.17) is 4.74 Å². The first-order valence-electron chi connectivity index (χ1n) is 5.60. The van der Waals surface area contributed by atoms with Gasteiger partial charge in [0, 0.05) is 26.4 Å². The Bertz CT molecular complexity index is 387. The van der Waals surface area contributed by atoms with Crippen LogP contribution in [0.5, 0.6) is 0 Å². The molecule has 1 aromatic heterocycles. The van der Waals surface area contributed by atoms with Crippen molar-refractivity contribution in [2.75, 3.05) is 38.8 Å². The highest BCUT2D eigenvalue weighted by molar-refractivity contribution is 9.10. The SMILES string of the molecule is COCCN(CCC(=O)OC)c1ncccc1Br. The van der Waals surface area contributed by atoms with Crippen LogP contribution < -0.4 is 4.90 Å². The van der Waals surface area contributed by atoms with E-state index >= 15 is 0 Å². The minimum absolute atomic E-state index is 0.232. The number of halogens is 1. The molecular weight excluding hydrogens is 300 g/mol. The summed E-state index contributed by atoms with van der Waals surface area (Å²) in [7, 11) is 3.03. The number of carbonyl (C=O) groups excluding carboxylic acids is 1. The van der Waals surface area contributed by atoms with E-state index in [0.717, 1.165) is 10.3 Å². The highest BCUT2D eigenvalue weighted by Crippen LogP contribution is 2.22. The minimum Gasteiger partial charge on any atom is -0.469 e. The Morgan fingerprint density at radius 2 is 2.22 bits per heavy atom. The number of anilines is 1. The lowest BCUT2D eigenvalue weighted by molar-refractivity contribution is -0.140. The van der Waals surface area contributed by atoms with Gasteiger partial charge in [-0.05, 0) is 28.1 Å². The van der Waals surface area contributed by atoms with Crippen LogP contribution >= 0.6 is 15.9 Å². The normalized spacial score (nSPS) is 10.2. The van der Waals surface area contributed by atoms with E-state index in [9.17, 15) is 4.79 Å². The Kier molecular flexibility index (Phi) is 6.67. The third-order valence-electron chi connectivity index (χ3n) is 2.42. The zero-order valence-electron chi connectivity index (χ0n) is 10.6. The molecule has 0 saturated carbocycles. The van der Waals surface area contributed by atoms with Crippen LogP contribution in [0, 0.1) is 0 Å². The minimum atomic E-state index is -0.232. The van der Waals surface area contributed by atoms with Crippen LogP contribution in [0.4, 0.5) is 5.82 Å². The zero-order chi connectivity index (χ0) is 13.4. The summed E-state index contributed by atoms with van der Waals surface area (Å²) in [6, 6.07) is 3.77. The molecule has 0 unspecified atom stereocenters. The molecule has 0 aliphatic rings. The van der Waals surface area contributed by atoms with Gasteiger partial charge in [-0.25, -0.2) is 4.98 Å². The van der Waals surface area contributed by atoms with Crippen molar-refractivity contribution in [1.82, 2.24) is 4.98 Å². The van der Waals surface area contributed by atoms with Crippen LogP contribution in [0.1, 0.15) is 6.42 Å². The number of esters is 1. The van der Waals surface area contributed by atoms with Crippen molar-refractivity contribution in [1.29, 1.82) is 0 Å². The van der Waals surface area contributed by atoms with E-state index in [1.54, 1.807) is 13.3 Å². The predicted molar refractivity (Wildman–Crippen MR) is 72.7 cm³/mol. The van der Waals surface area contributed by atoms with Crippen molar-refractivity contribution in [3.63, 3.8) is 0 Å². The molecule has 0 spiro atoms. The summed E-state index contributed by atoms with van der Waals surface area (Å²) < 4.78 is 10.6. The molecule has 18 heavy (non-hydrogen) atoms. The second-order valence-electron chi connectivity index (χ2n) is 3.61. The number of carbonyl (C=O) groups is 1. The number of nitrogens with zero attached hydrogens (tertiary/aromatic N) is 2. The van der Waals surface area contributed by atoms with Crippen molar-refractivity contribution in [2.24, 2.45) is 0 Å². The molecule has 5 nitrogen and oxygen atoms in total. The molecule has 0 N–H and O–H groups in total. The maximum absolute atomic E-state index is 11.2. The molecular formula is C12H17BrN2O3. The predicted octanol–water partition coefficient (Wildman–Crippen LogP) is 1.86. The van der Waals surface area contributed by atoms with Gasteiger partial charge in [0.1, 0.15) is 5.82 Å². The Labute approximate surface area is 115 Å². The van der Waals surface area contributed by atoms with Crippen molar-refractivity contribution >= 4 is 27.7 Å². The standard InChI is InChI=1S/C12H17BrN2O3/c1-17-9-8-15(7-5-11(16)18-2)12-10(13)4-3-6-14-12/h3-4,6H,5,7-9H2,1-2H3. The summed E-state index contributed by atoms with van der Waals surface area (Å²) >= 11 is 3.45. The molecule has 0 bridgehead atoms. The third-order valence-corrected chi connectivity index (χ3v) is 3.04. The summed E-state index contributed by atoms with van der Waals surface area (Å²) in [5, 5.41) is 0. The van der Waals surface area contributed by atoms with Gasteiger partial charge in [-0.2, -0.15) is 0 Å². The van der Waals surface area contributed by atoms with Crippen molar-refractivity contribution < 1.29 is 14.3 Å². The van der Waals surface area contributed by atoms with Gasteiger partial charge in [0.15, 0.2) is 0 Å². The van der Waals surface area contributed by atoms with Crippen LogP contribution in [0.2, 0.25) is 0 Å². The van der Waals surface area contributed by atoms with Gasteiger partial charge in [0.05, 0.1) is 24.6 Å². The Morgan fingerprint density at radius 3 is 2.83 bits per heavy atom. The number of hydrogen-bond donors (Lipinski definition) is 0. The van der Waals surface area contributed by atoms with Gasteiger partial charge in [-0.3, -0.25) is 4.79 Å². The number of ether oxygens (including phenoxy) is 2. The molecule has 0 amide bonds. The molecule has 0 aromatic carbocycles. The van der Waals surface area contributed by atoms with Crippen LogP contribution in [0.25, 0.3) is 0 Å². The molecule has 0 fully saturated rings. The largest absolute Gasteiger partial charge is 0.469 e. The summed E-state index contributed by atoms with van der Waals surface area (Å²) in [6.45, 7) is 1.79. The number of aromatic nitrogens is 1. The lowest BCUT2D eigenvalue weighted by atomic mass is 10.3. The van der Waals surface area contributed by atoms with Gasteiger partial charge in [-0.15, -0.1) is 0 Å². The summed E-state index contributed by atoms with van der Waals surface area (Å²) in [5.41, 5.74) is 0. The molecule has 100 valence electrons. The van der Waals surface area contributed by atoms with Crippen LogP contribution in [0.15, 0.2) is 22.8 Å². The molecule has 0 aliphatic carbocycles. The fourth-order valence-corrected chi connectivity index (χ4v) is 1.97. The first-order chi connectivity index (χ1) is 8.69. The molecule has 0 aliphatic heterocycles. The van der Waals surface area contributed by atoms with Crippen LogP contribution in [-0.2, 0) is 14.3 Å². The maximum Gasteiger partial charge on any atom is 0.307 e. The summed E-state index contributed by atoms with van der Waals surface area (Å²) in [5.74, 6) is 0.572. The first kappa shape index (κ1) is 14.9. The molecule has 0 radical (unpaired) electrons. The highest BCUT2D eigenvalue weighted by Gasteiger charge is 2.13. The Morgan fingerprint density at radius 1 is 1.44 bits per heavy atom. The average molecular weight is 317 g/mol. The first-order valence-corrected chi connectivity index (χ1v) is 6.39. The molecule has 1 aromatic rings.